The molecule has 3 aromatic carbocycles. The van der Waals surface area contributed by atoms with Gasteiger partial charge >= 0.3 is 6.09 Å². The number of aryl methyl sites for hydroxylation is 1. The van der Waals surface area contributed by atoms with Crippen LogP contribution in [0.1, 0.15) is 36.8 Å². The highest BCUT2D eigenvalue weighted by Gasteiger charge is 2.28. The van der Waals surface area contributed by atoms with Crippen LogP contribution in [0.25, 0.3) is 11.1 Å². The fraction of sp³-hybridized carbons (Fsp3) is 0.355. The van der Waals surface area contributed by atoms with Gasteiger partial charge in [0.15, 0.2) is 0 Å². The number of benzene rings is 3. The SMILES string of the molecule is C[N+]1(C)CCC(OC(=O)Nc2cc(CCCC(=O)Nc3ccc(CO)c(Cl)c3)ccc2-c2ccccc2)CC1.[I-]. The van der Waals surface area contributed by atoms with Crippen molar-refractivity contribution in [3.05, 3.63) is 82.9 Å². The number of carbonyl (C=O) groups excluding carboxylic acids is 2. The summed E-state index contributed by atoms with van der Waals surface area (Å²) in [5.41, 5.74) is 4.84. The summed E-state index contributed by atoms with van der Waals surface area (Å²) in [6, 6.07) is 21.0. The van der Waals surface area contributed by atoms with E-state index >= 15 is 0 Å². The first kappa shape index (κ1) is 31.9. The number of nitrogens with zero attached hydrogens (tertiary/aromatic N) is 1. The van der Waals surface area contributed by atoms with Crippen LogP contribution < -0.4 is 34.6 Å². The number of ether oxygens (including phenoxy) is 1. The van der Waals surface area contributed by atoms with E-state index in [0.717, 1.165) is 47.1 Å². The smallest absolute Gasteiger partial charge is 0.411 e. The van der Waals surface area contributed by atoms with Gasteiger partial charge in [0.25, 0.3) is 0 Å². The Balaban J connectivity index is 0.00000441. The molecule has 3 N–H and O–H groups in total. The number of quaternary nitrogens is 1. The van der Waals surface area contributed by atoms with Gasteiger partial charge in [0, 0.05) is 35.5 Å². The van der Waals surface area contributed by atoms with Crippen LogP contribution in [0.4, 0.5) is 16.2 Å². The van der Waals surface area contributed by atoms with Gasteiger partial charge in [0.05, 0.1) is 39.5 Å². The minimum atomic E-state index is -0.438. The molecule has 0 bridgehead atoms. The zero-order chi connectivity index (χ0) is 27.8. The average molecular weight is 678 g/mol. The third-order valence-corrected chi connectivity index (χ3v) is 7.52. The molecule has 0 aliphatic carbocycles. The highest BCUT2D eigenvalue weighted by molar-refractivity contribution is 6.31. The Bertz CT molecular complexity index is 1290. The van der Waals surface area contributed by atoms with Crippen molar-refractivity contribution >= 4 is 35.0 Å². The molecule has 0 unspecified atom stereocenters. The third-order valence-electron chi connectivity index (χ3n) is 7.17. The lowest BCUT2D eigenvalue weighted by Crippen LogP contribution is -3.00. The number of rotatable bonds is 9. The Kier molecular flexibility index (Phi) is 11.8. The number of halogens is 2. The van der Waals surface area contributed by atoms with Crippen molar-refractivity contribution in [1.82, 2.24) is 0 Å². The number of anilines is 2. The lowest BCUT2D eigenvalue weighted by molar-refractivity contribution is -0.896. The van der Waals surface area contributed by atoms with Crippen LogP contribution in [-0.2, 0) is 22.6 Å². The number of hydrogen-bond acceptors (Lipinski definition) is 4. The third kappa shape index (κ3) is 9.19. The van der Waals surface area contributed by atoms with Crippen LogP contribution in [0, 0.1) is 0 Å². The number of aliphatic hydroxyl groups is 1. The molecular formula is C31H37ClIN3O4. The van der Waals surface area contributed by atoms with Crippen molar-refractivity contribution in [3.63, 3.8) is 0 Å². The molecule has 1 aliphatic heterocycles. The van der Waals surface area contributed by atoms with E-state index in [9.17, 15) is 14.7 Å². The molecule has 9 heteroatoms. The van der Waals surface area contributed by atoms with Crippen LogP contribution in [0.3, 0.4) is 0 Å². The predicted molar refractivity (Wildman–Crippen MR) is 156 cm³/mol. The number of aliphatic hydroxyl groups excluding tert-OH is 1. The summed E-state index contributed by atoms with van der Waals surface area (Å²) < 4.78 is 6.72. The van der Waals surface area contributed by atoms with Gasteiger partial charge in [-0.2, -0.15) is 0 Å². The van der Waals surface area contributed by atoms with Crippen molar-refractivity contribution in [2.24, 2.45) is 0 Å². The number of amides is 2. The minimum Gasteiger partial charge on any atom is -1.00 e. The van der Waals surface area contributed by atoms with Crippen molar-refractivity contribution in [2.45, 2.75) is 44.8 Å². The maximum atomic E-state index is 12.9. The number of likely N-dealkylation sites (tertiary alicyclic amines) is 1. The van der Waals surface area contributed by atoms with E-state index in [0.29, 0.717) is 41.2 Å². The lowest BCUT2D eigenvalue weighted by Gasteiger charge is -2.36. The fourth-order valence-electron chi connectivity index (χ4n) is 4.80. The van der Waals surface area contributed by atoms with Crippen molar-refractivity contribution < 1.29 is 47.9 Å². The van der Waals surface area contributed by atoms with Crippen LogP contribution >= 0.6 is 11.6 Å². The second-order valence-electron chi connectivity index (χ2n) is 10.7. The summed E-state index contributed by atoms with van der Waals surface area (Å²) in [7, 11) is 4.39. The topological polar surface area (TPSA) is 87.7 Å². The van der Waals surface area contributed by atoms with E-state index in [1.165, 1.54) is 0 Å². The number of carbonyl (C=O) groups is 2. The standard InChI is InChI=1S/C31H36ClN3O4.HI/c1-35(2)17-15-26(16-18-35)39-31(38)34-29-19-22(11-14-27(29)23-8-4-3-5-9-23)7-6-10-30(37)33-25-13-12-24(21-36)28(32)20-25;/h3-5,8-9,11-14,19-20,26,36H,6-7,10,15-18,21H2,1-2H3,(H-,33,34,37,38);1H. The van der Waals surface area contributed by atoms with Gasteiger partial charge in [-0.3, -0.25) is 10.1 Å². The molecule has 0 saturated carbocycles. The molecule has 0 radical (unpaired) electrons. The molecule has 4 rings (SSSR count). The molecule has 7 nitrogen and oxygen atoms in total. The Morgan fingerprint density at radius 3 is 2.40 bits per heavy atom. The number of hydrogen-bond donors (Lipinski definition) is 3. The Hall–Kier alpha value is -2.66. The number of piperidine rings is 1. The van der Waals surface area contributed by atoms with Crippen molar-refractivity contribution in [3.8, 4) is 11.1 Å². The molecule has 1 heterocycles. The quantitative estimate of drug-likeness (QED) is 0.240. The highest BCUT2D eigenvalue weighted by Crippen LogP contribution is 2.30. The predicted octanol–water partition coefficient (Wildman–Crippen LogP) is 3.25. The first-order valence-electron chi connectivity index (χ1n) is 13.4. The molecule has 214 valence electrons. The van der Waals surface area contributed by atoms with Crippen LogP contribution in [0.2, 0.25) is 5.02 Å². The Morgan fingerprint density at radius 2 is 1.73 bits per heavy atom. The second-order valence-corrected chi connectivity index (χ2v) is 11.1. The van der Waals surface area contributed by atoms with Crippen LogP contribution in [0.5, 0.6) is 0 Å². The Labute approximate surface area is 258 Å². The van der Waals surface area contributed by atoms with Gasteiger partial charge < -0.3 is 43.6 Å². The lowest BCUT2D eigenvalue weighted by atomic mass is 9.99. The molecule has 1 saturated heterocycles. The van der Waals surface area contributed by atoms with E-state index in [1.807, 2.05) is 48.5 Å². The van der Waals surface area contributed by atoms with Crippen LogP contribution in [0.15, 0.2) is 66.7 Å². The summed E-state index contributed by atoms with van der Waals surface area (Å²) in [6.07, 6.45) is 2.84. The summed E-state index contributed by atoms with van der Waals surface area (Å²) in [5.74, 6) is -0.111. The number of nitrogens with one attached hydrogen (secondary N) is 2. The van der Waals surface area contributed by atoms with Gasteiger partial charge in [-0.1, -0.05) is 60.1 Å². The average Bonchev–Trinajstić information content (AvgIpc) is 2.91. The van der Waals surface area contributed by atoms with Gasteiger partial charge in [-0.05, 0) is 47.7 Å². The highest BCUT2D eigenvalue weighted by atomic mass is 127. The molecule has 40 heavy (non-hydrogen) atoms. The largest absolute Gasteiger partial charge is 1.00 e. The van der Waals surface area contributed by atoms with E-state index in [-0.39, 0.29) is 42.6 Å². The molecule has 0 atom stereocenters. The molecular weight excluding hydrogens is 641 g/mol. The first-order chi connectivity index (χ1) is 18.7. The van der Waals surface area contributed by atoms with Crippen molar-refractivity contribution in [2.75, 3.05) is 37.8 Å². The summed E-state index contributed by atoms with van der Waals surface area (Å²) in [5, 5.41) is 15.5. The molecule has 0 spiro atoms. The van der Waals surface area contributed by atoms with Gasteiger partial charge in [0.1, 0.15) is 6.10 Å². The van der Waals surface area contributed by atoms with E-state index in [4.69, 9.17) is 16.3 Å². The molecule has 3 aromatic rings. The minimum absolute atomic E-state index is 0. The molecule has 1 fully saturated rings. The first-order valence-corrected chi connectivity index (χ1v) is 13.8. The van der Waals surface area contributed by atoms with Crippen LogP contribution in [-0.4, -0.2) is 54.9 Å². The summed E-state index contributed by atoms with van der Waals surface area (Å²) in [6.45, 7) is 1.82. The van der Waals surface area contributed by atoms with Gasteiger partial charge in [-0.15, -0.1) is 0 Å². The summed E-state index contributed by atoms with van der Waals surface area (Å²) in [4.78, 5) is 25.3. The molecule has 2 amide bonds. The Morgan fingerprint density at radius 1 is 1.00 bits per heavy atom. The second kappa shape index (κ2) is 14.8. The maximum Gasteiger partial charge on any atom is 0.411 e. The van der Waals surface area contributed by atoms with Gasteiger partial charge in [0.2, 0.25) is 5.91 Å². The summed E-state index contributed by atoms with van der Waals surface area (Å²) >= 11 is 6.12. The molecule has 1 aliphatic rings. The molecule has 0 aromatic heterocycles. The van der Waals surface area contributed by atoms with E-state index < -0.39 is 6.09 Å². The zero-order valence-electron chi connectivity index (χ0n) is 23.0. The van der Waals surface area contributed by atoms with Gasteiger partial charge in [-0.25, -0.2) is 4.79 Å². The van der Waals surface area contributed by atoms with E-state index in [2.05, 4.69) is 24.7 Å². The fourth-order valence-corrected chi connectivity index (χ4v) is 5.04. The van der Waals surface area contributed by atoms with Crippen molar-refractivity contribution in [1.29, 1.82) is 0 Å². The normalized spacial score (nSPS) is 14.6. The maximum absolute atomic E-state index is 12.9. The van der Waals surface area contributed by atoms with E-state index in [1.54, 1.807) is 18.2 Å². The monoisotopic (exact) mass is 677 g/mol. The zero-order valence-corrected chi connectivity index (χ0v) is 25.9.